The number of carbonyl (C=O) groups excluding carboxylic acids is 4. The summed E-state index contributed by atoms with van der Waals surface area (Å²) in [5, 5.41) is 12.7. The topological polar surface area (TPSA) is 129 Å². The number of rotatable bonds is 14. The Kier molecular flexibility index (Phi) is 12.1. The predicted molar refractivity (Wildman–Crippen MR) is 221 cm³/mol. The number of nitrogens with one attached hydrogen (secondary N) is 4. The number of unbranched alkanes of at least 4 members (excludes halogenated alkanes) is 3. The number of hydrogen-bond donors (Lipinski definition) is 4. The second-order valence-electron chi connectivity index (χ2n) is 19.4. The van der Waals surface area contributed by atoms with E-state index in [4.69, 9.17) is 4.74 Å². The summed E-state index contributed by atoms with van der Waals surface area (Å²) >= 11 is 1.92. The second-order valence-corrected chi connectivity index (χ2v) is 20.7. The van der Waals surface area contributed by atoms with E-state index in [2.05, 4.69) is 53.9 Å². The highest BCUT2D eigenvalue weighted by atomic mass is 32.2. The van der Waals surface area contributed by atoms with Gasteiger partial charge in [0.2, 0.25) is 11.8 Å². The fourth-order valence-corrected chi connectivity index (χ4v) is 14.8. The van der Waals surface area contributed by atoms with E-state index in [1.54, 1.807) is 11.1 Å². The quantitative estimate of drug-likeness (QED) is 0.0906. The lowest BCUT2D eigenvalue weighted by molar-refractivity contribution is -0.122. The average Bonchev–Trinajstić information content (AvgIpc) is 3.91. The van der Waals surface area contributed by atoms with Crippen LogP contribution >= 0.6 is 11.8 Å². The molecule has 9 unspecified atom stereocenters. The van der Waals surface area contributed by atoms with Crippen molar-refractivity contribution in [1.82, 2.24) is 26.2 Å². The van der Waals surface area contributed by atoms with E-state index in [0.717, 1.165) is 89.0 Å². The molecule has 4 amide bonds. The maximum absolute atomic E-state index is 12.9. The number of hydrogen-bond acceptors (Lipinski definition) is 7. The van der Waals surface area contributed by atoms with Crippen molar-refractivity contribution in [2.24, 2.45) is 35.0 Å². The van der Waals surface area contributed by atoms with E-state index < -0.39 is 0 Å². The maximum Gasteiger partial charge on any atom is 0.315 e. The van der Waals surface area contributed by atoms with Crippen molar-refractivity contribution in [3.05, 3.63) is 22.8 Å². The van der Waals surface area contributed by atoms with Gasteiger partial charge in [-0.15, -0.1) is 0 Å². The summed E-state index contributed by atoms with van der Waals surface area (Å²) < 4.78 is 7.33. The first-order valence-corrected chi connectivity index (χ1v) is 23.6. The Morgan fingerprint density at radius 3 is 2.59 bits per heavy atom. The molecule has 4 N–H and O–H groups in total. The van der Waals surface area contributed by atoms with Crippen LogP contribution in [-0.2, 0) is 19.1 Å². The zero-order chi connectivity index (χ0) is 39.2. The maximum atomic E-state index is 12.9. The van der Waals surface area contributed by atoms with Crippen LogP contribution in [0.3, 0.4) is 0 Å². The largest absolute Gasteiger partial charge is 0.365 e. The number of fused-ring (bicyclic) bond motifs is 7. The highest BCUT2D eigenvalue weighted by Gasteiger charge is 2.61. The van der Waals surface area contributed by atoms with E-state index in [1.807, 2.05) is 17.8 Å². The summed E-state index contributed by atoms with van der Waals surface area (Å²) in [5.74, 6) is 4.58. The molecule has 11 heteroatoms. The fourth-order valence-electron chi connectivity index (χ4n) is 13.2. The van der Waals surface area contributed by atoms with Gasteiger partial charge in [0.1, 0.15) is 0 Å². The first-order chi connectivity index (χ1) is 27.0. The number of allylic oxidation sites excluding steroid dienone is 3. The molecule has 2 saturated carbocycles. The number of piperidine rings is 1. The molecule has 1 spiro atoms. The third kappa shape index (κ3) is 7.76. The van der Waals surface area contributed by atoms with Crippen molar-refractivity contribution in [2.45, 2.75) is 166 Å². The van der Waals surface area contributed by atoms with Gasteiger partial charge in [-0.3, -0.25) is 19.3 Å². The molecule has 8 aliphatic rings. The molecular weight excluding hydrogens is 723 g/mol. The minimum atomic E-state index is -0.186. The smallest absolute Gasteiger partial charge is 0.315 e. The monoisotopic (exact) mass is 792 g/mol. The normalized spacial score (nSPS) is 40.0. The minimum absolute atomic E-state index is 0.0485. The van der Waals surface area contributed by atoms with Crippen LogP contribution in [0.15, 0.2) is 22.8 Å². The molecule has 310 valence electrons. The standard InChI is InChI=1S/C45H69N5O5S/c1-27-22-37-42(29(3)45(55-37)18-16-32-33-14-13-30-23-31(51)15-17-44(30,4)35(33)24-34(32)28(45)2)50(25-27)21-20-47-40(53)11-6-5-9-19-46-39(52)12-8-7-10-38-41-36(26-56-38)48-43(54)49-41/h23,27,29,32-33,35-38,41-42H,5-22,24-26H2,1-4H3,(H,46,52)(H,47,53)(H2,48,49,54)/t27?,29?,32?,33?,35?,36-,37?,38-,41-,42?,44?,45?/m0/s1. The molecule has 6 fully saturated rings. The molecule has 4 aliphatic heterocycles. The zero-order valence-electron chi connectivity index (χ0n) is 34.6. The summed E-state index contributed by atoms with van der Waals surface area (Å²) in [6.45, 7) is 12.9. The number of amides is 4. The molecule has 4 aliphatic carbocycles. The summed E-state index contributed by atoms with van der Waals surface area (Å²) in [4.78, 5) is 51.8. The highest BCUT2D eigenvalue weighted by Crippen LogP contribution is 2.65. The number of likely N-dealkylation sites (tertiary alicyclic amines) is 1. The molecule has 0 radical (unpaired) electrons. The predicted octanol–water partition coefficient (Wildman–Crippen LogP) is 6.44. The molecule has 4 heterocycles. The van der Waals surface area contributed by atoms with Gasteiger partial charge in [-0.1, -0.05) is 44.8 Å². The van der Waals surface area contributed by atoms with E-state index >= 15 is 0 Å². The zero-order valence-corrected chi connectivity index (χ0v) is 35.4. The van der Waals surface area contributed by atoms with Gasteiger partial charge in [0.25, 0.3) is 0 Å². The molecule has 56 heavy (non-hydrogen) atoms. The average molecular weight is 792 g/mol. The number of thioether (sulfide) groups is 1. The Balaban J connectivity index is 0.748. The van der Waals surface area contributed by atoms with E-state index in [-0.39, 0.29) is 47.0 Å². The van der Waals surface area contributed by atoms with Crippen LogP contribution in [0.25, 0.3) is 0 Å². The number of carbonyl (C=O) groups is 4. The highest BCUT2D eigenvalue weighted by molar-refractivity contribution is 8.00. The van der Waals surface area contributed by atoms with Crippen LogP contribution in [0.4, 0.5) is 4.79 Å². The van der Waals surface area contributed by atoms with Crippen LogP contribution in [0.5, 0.6) is 0 Å². The number of ketones is 1. The number of nitrogens with zero attached hydrogens (tertiary/aromatic N) is 1. The molecule has 4 saturated heterocycles. The lowest BCUT2D eigenvalue weighted by Crippen LogP contribution is -2.54. The first-order valence-electron chi connectivity index (χ1n) is 22.5. The molecule has 0 aromatic heterocycles. The van der Waals surface area contributed by atoms with E-state index in [0.29, 0.717) is 73.1 Å². The van der Waals surface area contributed by atoms with Crippen molar-refractivity contribution >= 4 is 35.4 Å². The van der Waals surface area contributed by atoms with Crippen LogP contribution in [0.2, 0.25) is 0 Å². The van der Waals surface area contributed by atoms with Gasteiger partial charge in [-0.05, 0) is 118 Å². The second kappa shape index (κ2) is 16.7. The van der Waals surface area contributed by atoms with Gasteiger partial charge in [-0.2, -0.15) is 11.8 Å². The van der Waals surface area contributed by atoms with Crippen molar-refractivity contribution in [3.63, 3.8) is 0 Å². The lowest BCUT2D eigenvalue weighted by atomic mass is 9.56. The van der Waals surface area contributed by atoms with Gasteiger partial charge in [-0.25, -0.2) is 4.79 Å². The summed E-state index contributed by atoms with van der Waals surface area (Å²) in [6.07, 6.45) is 17.6. The third-order valence-electron chi connectivity index (χ3n) is 16.2. The lowest BCUT2D eigenvalue weighted by Gasteiger charge is -2.48. The molecule has 0 bridgehead atoms. The molecule has 0 aromatic carbocycles. The van der Waals surface area contributed by atoms with Gasteiger partial charge < -0.3 is 26.0 Å². The van der Waals surface area contributed by atoms with E-state index in [9.17, 15) is 19.2 Å². The van der Waals surface area contributed by atoms with Crippen molar-refractivity contribution in [1.29, 1.82) is 0 Å². The Bertz CT molecular complexity index is 1600. The summed E-state index contributed by atoms with van der Waals surface area (Å²) in [6, 6.07) is 0.805. The Hall–Kier alpha value is -2.37. The van der Waals surface area contributed by atoms with Crippen molar-refractivity contribution in [3.8, 4) is 0 Å². The van der Waals surface area contributed by atoms with Gasteiger partial charge in [0.15, 0.2) is 5.78 Å². The molecule has 0 aromatic rings. The summed E-state index contributed by atoms with van der Waals surface area (Å²) in [7, 11) is 0. The third-order valence-corrected chi connectivity index (χ3v) is 17.7. The number of ether oxygens (including phenoxy) is 1. The summed E-state index contributed by atoms with van der Waals surface area (Å²) in [5.41, 5.74) is 4.67. The molecule has 10 nitrogen and oxygen atoms in total. The Morgan fingerprint density at radius 2 is 1.77 bits per heavy atom. The fraction of sp³-hybridized carbons (Fsp3) is 0.822. The van der Waals surface area contributed by atoms with Crippen LogP contribution < -0.4 is 21.3 Å². The van der Waals surface area contributed by atoms with Crippen LogP contribution in [0.1, 0.15) is 130 Å². The Morgan fingerprint density at radius 1 is 0.982 bits per heavy atom. The molecule has 8 rings (SSSR count). The molecular formula is C45H69N5O5S. The van der Waals surface area contributed by atoms with Crippen LogP contribution in [0, 0.1) is 35.0 Å². The van der Waals surface area contributed by atoms with Crippen LogP contribution in [-0.4, -0.2) is 95.5 Å². The van der Waals surface area contributed by atoms with Crippen molar-refractivity contribution in [2.75, 3.05) is 31.9 Å². The Labute approximate surface area is 339 Å². The van der Waals surface area contributed by atoms with Crippen molar-refractivity contribution < 1.29 is 23.9 Å². The molecule has 12 atom stereocenters. The first kappa shape index (κ1) is 40.4. The van der Waals surface area contributed by atoms with E-state index in [1.165, 1.54) is 24.8 Å². The number of urea groups is 1. The van der Waals surface area contributed by atoms with Gasteiger partial charge in [0, 0.05) is 68.4 Å². The SMILES string of the molecule is CC1=C2CC3C(CCC4=CC(=O)CCC43C)C2CCC12OC1CC(C)CN(CCNC(=O)CCCCCNC(=O)CCCC[C@@H]3SC[C@@H]4NC(=O)N[C@@H]43)C1C2C. The van der Waals surface area contributed by atoms with Gasteiger partial charge >= 0.3 is 6.03 Å². The van der Waals surface area contributed by atoms with Gasteiger partial charge in [0.05, 0.1) is 23.8 Å². The minimum Gasteiger partial charge on any atom is -0.365 e.